The van der Waals surface area contributed by atoms with Crippen LogP contribution < -0.4 is 10.6 Å². The molecule has 0 aliphatic heterocycles. The zero-order chi connectivity index (χ0) is 17.0. The second-order valence-electron chi connectivity index (χ2n) is 5.04. The first-order valence-electron chi connectivity index (χ1n) is 6.90. The zero-order valence-electron chi connectivity index (χ0n) is 12.2. The summed E-state index contributed by atoms with van der Waals surface area (Å²) in [6.07, 6.45) is 0. The number of halogens is 4. The molecule has 7 heteroatoms. The third kappa shape index (κ3) is 4.64. The van der Waals surface area contributed by atoms with Crippen molar-refractivity contribution >= 4 is 34.8 Å². The zero-order valence-corrected chi connectivity index (χ0v) is 13.8. The lowest BCUT2D eigenvalue weighted by Gasteiger charge is -2.13. The molecule has 0 unspecified atom stereocenters. The summed E-state index contributed by atoms with van der Waals surface area (Å²) in [7, 11) is 0. The molecule has 0 saturated carbocycles. The van der Waals surface area contributed by atoms with Crippen LogP contribution in [0.15, 0.2) is 36.4 Å². The van der Waals surface area contributed by atoms with Crippen LogP contribution in [0.1, 0.15) is 18.5 Å². The molecule has 0 heterocycles. The highest BCUT2D eigenvalue weighted by Crippen LogP contribution is 2.27. The second kappa shape index (κ2) is 7.73. The molecule has 0 saturated heterocycles. The minimum absolute atomic E-state index is 0.0378. The highest BCUT2D eigenvalue weighted by Gasteiger charge is 2.17. The lowest BCUT2D eigenvalue weighted by Crippen LogP contribution is -2.86. The van der Waals surface area contributed by atoms with Gasteiger partial charge in [0, 0.05) is 5.56 Å². The summed E-state index contributed by atoms with van der Waals surface area (Å²) >= 11 is 11.7. The van der Waals surface area contributed by atoms with Crippen molar-refractivity contribution in [2.24, 2.45) is 0 Å². The summed E-state index contributed by atoms with van der Waals surface area (Å²) in [5, 5.41) is 4.43. The van der Waals surface area contributed by atoms with Gasteiger partial charge in [-0.2, -0.15) is 0 Å². The maximum atomic E-state index is 13.5. The standard InChI is InChI=1S/C16H14Cl2F2N2O/c1-9(10-6-14(20)12(18)7-11(10)17)21-8-16(23)22-15-5-3-2-4-13(15)19/h2-7,9,21H,8H2,1H3,(H,22,23)/p+1/t9-/m0/s1. The highest BCUT2D eigenvalue weighted by molar-refractivity contribution is 6.35. The number of amides is 1. The van der Waals surface area contributed by atoms with Crippen LogP contribution in [0, 0.1) is 11.6 Å². The van der Waals surface area contributed by atoms with Crippen molar-refractivity contribution < 1.29 is 18.9 Å². The number of hydrogen-bond acceptors (Lipinski definition) is 1. The lowest BCUT2D eigenvalue weighted by atomic mass is 10.1. The molecule has 0 radical (unpaired) electrons. The van der Waals surface area contributed by atoms with Gasteiger partial charge < -0.3 is 10.6 Å². The Labute approximate surface area is 142 Å². The van der Waals surface area contributed by atoms with Crippen LogP contribution in [0.3, 0.4) is 0 Å². The van der Waals surface area contributed by atoms with E-state index < -0.39 is 11.6 Å². The number of carbonyl (C=O) groups excluding carboxylic acids is 1. The summed E-state index contributed by atoms with van der Waals surface area (Å²) in [4.78, 5) is 11.9. The third-order valence-electron chi connectivity index (χ3n) is 3.33. The average Bonchev–Trinajstić information content (AvgIpc) is 2.51. The van der Waals surface area contributed by atoms with Gasteiger partial charge in [0.1, 0.15) is 17.7 Å². The Morgan fingerprint density at radius 2 is 1.87 bits per heavy atom. The fraction of sp³-hybridized carbons (Fsp3) is 0.188. The number of nitrogens with two attached hydrogens (primary N) is 1. The van der Waals surface area contributed by atoms with Gasteiger partial charge in [-0.25, -0.2) is 8.78 Å². The normalized spacial score (nSPS) is 12.0. The molecule has 2 rings (SSSR count). The fourth-order valence-electron chi connectivity index (χ4n) is 2.06. The Morgan fingerprint density at radius 3 is 2.57 bits per heavy atom. The summed E-state index contributed by atoms with van der Waals surface area (Å²) in [6, 6.07) is 8.22. The number of nitrogens with one attached hydrogen (secondary N) is 1. The van der Waals surface area contributed by atoms with Crippen LogP contribution >= 0.6 is 23.2 Å². The van der Waals surface area contributed by atoms with Crippen LogP contribution in [-0.2, 0) is 4.79 Å². The molecule has 0 aromatic heterocycles. The Kier molecular flexibility index (Phi) is 5.93. The number of rotatable bonds is 5. The van der Waals surface area contributed by atoms with E-state index in [0.717, 1.165) is 0 Å². The van der Waals surface area contributed by atoms with Gasteiger partial charge in [-0.05, 0) is 31.2 Å². The molecule has 0 aliphatic rings. The van der Waals surface area contributed by atoms with Gasteiger partial charge in [-0.15, -0.1) is 0 Å². The third-order valence-corrected chi connectivity index (χ3v) is 3.95. The Hall–Kier alpha value is -1.69. The van der Waals surface area contributed by atoms with Gasteiger partial charge in [0.2, 0.25) is 0 Å². The second-order valence-corrected chi connectivity index (χ2v) is 5.86. The molecular weight excluding hydrogens is 345 g/mol. The fourth-order valence-corrected chi connectivity index (χ4v) is 2.62. The SMILES string of the molecule is C[C@H]([NH2+]CC(=O)Nc1ccccc1F)c1cc(F)c(Cl)cc1Cl. The van der Waals surface area contributed by atoms with Gasteiger partial charge >= 0.3 is 0 Å². The van der Waals surface area contributed by atoms with Crippen LogP contribution in [0.2, 0.25) is 10.0 Å². The molecule has 1 amide bonds. The first-order valence-corrected chi connectivity index (χ1v) is 7.66. The summed E-state index contributed by atoms with van der Waals surface area (Å²) in [5.74, 6) is -1.44. The lowest BCUT2D eigenvalue weighted by molar-refractivity contribution is -0.682. The van der Waals surface area contributed by atoms with E-state index in [-0.39, 0.29) is 29.2 Å². The average molecular weight is 360 g/mol. The number of benzene rings is 2. The molecule has 2 aromatic rings. The minimum atomic E-state index is -0.567. The summed E-state index contributed by atoms with van der Waals surface area (Å²) in [5.41, 5.74) is 0.654. The van der Waals surface area contributed by atoms with Crippen molar-refractivity contribution in [2.45, 2.75) is 13.0 Å². The molecule has 0 bridgehead atoms. The van der Waals surface area contributed by atoms with Gasteiger partial charge in [0.25, 0.3) is 5.91 Å². The van der Waals surface area contributed by atoms with E-state index in [1.165, 1.54) is 30.3 Å². The predicted molar refractivity (Wildman–Crippen MR) is 86.7 cm³/mol. The Morgan fingerprint density at radius 1 is 1.17 bits per heavy atom. The van der Waals surface area contributed by atoms with Crippen molar-refractivity contribution in [2.75, 3.05) is 11.9 Å². The molecule has 2 aromatic carbocycles. The van der Waals surface area contributed by atoms with E-state index >= 15 is 0 Å². The van der Waals surface area contributed by atoms with E-state index in [1.807, 2.05) is 0 Å². The molecule has 1 atom stereocenters. The van der Waals surface area contributed by atoms with Crippen molar-refractivity contribution in [3.05, 3.63) is 63.6 Å². The van der Waals surface area contributed by atoms with Gasteiger partial charge in [0.05, 0.1) is 15.7 Å². The van der Waals surface area contributed by atoms with E-state index in [1.54, 1.807) is 18.3 Å². The first kappa shape index (κ1) is 17.7. The molecule has 3 nitrogen and oxygen atoms in total. The highest BCUT2D eigenvalue weighted by atomic mass is 35.5. The molecular formula is C16H15Cl2F2N2O+. The molecule has 3 N–H and O–H groups in total. The topological polar surface area (TPSA) is 45.7 Å². The van der Waals surface area contributed by atoms with Crippen LogP contribution in [0.5, 0.6) is 0 Å². The van der Waals surface area contributed by atoms with E-state index in [0.29, 0.717) is 10.6 Å². The quantitative estimate of drug-likeness (QED) is 0.788. The van der Waals surface area contributed by atoms with Crippen molar-refractivity contribution in [3.8, 4) is 0 Å². The van der Waals surface area contributed by atoms with E-state index in [2.05, 4.69) is 5.32 Å². The van der Waals surface area contributed by atoms with Crippen molar-refractivity contribution in [3.63, 3.8) is 0 Å². The number of hydrogen-bond donors (Lipinski definition) is 2. The predicted octanol–water partition coefficient (Wildman–Crippen LogP) is 3.53. The van der Waals surface area contributed by atoms with Gasteiger partial charge in [-0.3, -0.25) is 4.79 Å². The molecule has 0 aliphatic carbocycles. The molecule has 122 valence electrons. The largest absolute Gasteiger partial charge is 0.332 e. The molecule has 23 heavy (non-hydrogen) atoms. The molecule has 0 fully saturated rings. The first-order chi connectivity index (χ1) is 10.9. The van der Waals surface area contributed by atoms with Crippen LogP contribution in [-0.4, -0.2) is 12.5 Å². The Bertz CT molecular complexity index is 725. The number of para-hydroxylation sites is 1. The van der Waals surface area contributed by atoms with Gasteiger partial charge in [-0.1, -0.05) is 35.3 Å². The Balaban J connectivity index is 1.96. The monoisotopic (exact) mass is 359 g/mol. The van der Waals surface area contributed by atoms with Crippen molar-refractivity contribution in [1.29, 1.82) is 0 Å². The smallest absolute Gasteiger partial charge is 0.279 e. The number of quaternary nitrogens is 1. The minimum Gasteiger partial charge on any atom is -0.332 e. The van der Waals surface area contributed by atoms with Crippen LogP contribution in [0.25, 0.3) is 0 Å². The maximum Gasteiger partial charge on any atom is 0.279 e. The van der Waals surface area contributed by atoms with Crippen LogP contribution in [0.4, 0.5) is 14.5 Å². The van der Waals surface area contributed by atoms with Crippen molar-refractivity contribution in [1.82, 2.24) is 0 Å². The number of anilines is 1. The van der Waals surface area contributed by atoms with E-state index in [4.69, 9.17) is 23.2 Å². The summed E-state index contributed by atoms with van der Waals surface area (Å²) in [6.45, 7) is 1.82. The summed E-state index contributed by atoms with van der Waals surface area (Å²) < 4.78 is 27.0. The van der Waals surface area contributed by atoms with E-state index in [9.17, 15) is 13.6 Å². The molecule has 0 spiro atoms. The van der Waals surface area contributed by atoms with Gasteiger partial charge in [0.15, 0.2) is 6.54 Å². The number of carbonyl (C=O) groups is 1. The maximum absolute atomic E-state index is 13.5.